The summed E-state index contributed by atoms with van der Waals surface area (Å²) < 4.78 is 0. The Kier molecular flexibility index (Phi) is 6.20. The monoisotopic (exact) mass is 198 g/mol. The zero-order valence-corrected chi connectivity index (χ0v) is 9.89. The van der Waals surface area contributed by atoms with Gasteiger partial charge in [-0.3, -0.25) is 0 Å². The standard InChI is InChI=1S/C12H26N2/c1-3-14(4-2)10-6-8-12-7-5-9-13-11-12/h12-13H,3-11H2,1-2H3/t12-/m1/s1. The van der Waals surface area contributed by atoms with E-state index in [0.29, 0.717) is 0 Å². The fourth-order valence-electron chi connectivity index (χ4n) is 2.31. The van der Waals surface area contributed by atoms with Crippen LogP contribution in [0.2, 0.25) is 0 Å². The molecule has 2 nitrogen and oxygen atoms in total. The molecule has 0 aromatic rings. The molecule has 1 fully saturated rings. The van der Waals surface area contributed by atoms with Crippen molar-refractivity contribution in [3.8, 4) is 0 Å². The molecular weight excluding hydrogens is 172 g/mol. The number of hydrogen-bond acceptors (Lipinski definition) is 2. The molecule has 1 rings (SSSR count). The van der Waals surface area contributed by atoms with Crippen molar-refractivity contribution in [2.45, 2.75) is 39.5 Å². The topological polar surface area (TPSA) is 15.3 Å². The van der Waals surface area contributed by atoms with Crippen LogP contribution in [0, 0.1) is 5.92 Å². The van der Waals surface area contributed by atoms with Crippen molar-refractivity contribution in [3.63, 3.8) is 0 Å². The molecule has 0 unspecified atom stereocenters. The number of piperidine rings is 1. The maximum Gasteiger partial charge on any atom is -0.00189 e. The highest BCUT2D eigenvalue weighted by Gasteiger charge is 2.12. The number of hydrogen-bond donors (Lipinski definition) is 1. The average molecular weight is 198 g/mol. The molecule has 0 radical (unpaired) electrons. The van der Waals surface area contributed by atoms with Crippen LogP contribution in [0.4, 0.5) is 0 Å². The molecule has 2 heteroatoms. The van der Waals surface area contributed by atoms with Gasteiger partial charge in [-0.05, 0) is 64.3 Å². The minimum absolute atomic E-state index is 0.958. The Morgan fingerprint density at radius 2 is 2.07 bits per heavy atom. The van der Waals surface area contributed by atoms with E-state index in [1.54, 1.807) is 0 Å². The van der Waals surface area contributed by atoms with Gasteiger partial charge in [0.1, 0.15) is 0 Å². The lowest BCUT2D eigenvalue weighted by atomic mass is 9.95. The average Bonchev–Trinajstić information content (AvgIpc) is 2.26. The van der Waals surface area contributed by atoms with Crippen molar-refractivity contribution in [2.24, 2.45) is 5.92 Å². The van der Waals surface area contributed by atoms with Gasteiger partial charge >= 0.3 is 0 Å². The third kappa shape index (κ3) is 4.43. The molecule has 0 aromatic carbocycles. The Bertz CT molecular complexity index is 126. The summed E-state index contributed by atoms with van der Waals surface area (Å²) in [4.78, 5) is 2.52. The maximum absolute atomic E-state index is 3.49. The molecule has 1 N–H and O–H groups in total. The predicted molar refractivity (Wildman–Crippen MR) is 62.6 cm³/mol. The fraction of sp³-hybridized carbons (Fsp3) is 1.00. The Morgan fingerprint density at radius 3 is 2.64 bits per heavy atom. The highest BCUT2D eigenvalue weighted by Crippen LogP contribution is 2.15. The summed E-state index contributed by atoms with van der Waals surface area (Å²) in [6.07, 6.45) is 5.64. The molecular formula is C12H26N2. The first kappa shape index (κ1) is 12.0. The molecule has 1 saturated heterocycles. The van der Waals surface area contributed by atoms with Crippen LogP contribution in [-0.2, 0) is 0 Å². The first-order chi connectivity index (χ1) is 6.86. The van der Waals surface area contributed by atoms with Gasteiger partial charge in [0.15, 0.2) is 0 Å². The van der Waals surface area contributed by atoms with Crippen LogP contribution in [0.5, 0.6) is 0 Å². The maximum atomic E-state index is 3.49. The predicted octanol–water partition coefficient (Wildman–Crippen LogP) is 2.11. The molecule has 0 spiro atoms. The largest absolute Gasteiger partial charge is 0.316 e. The van der Waals surface area contributed by atoms with Gasteiger partial charge in [0, 0.05) is 0 Å². The van der Waals surface area contributed by atoms with Crippen molar-refractivity contribution in [3.05, 3.63) is 0 Å². The van der Waals surface area contributed by atoms with E-state index in [2.05, 4.69) is 24.1 Å². The van der Waals surface area contributed by atoms with Gasteiger partial charge in [-0.2, -0.15) is 0 Å². The summed E-state index contributed by atoms with van der Waals surface area (Å²) in [5.41, 5.74) is 0. The quantitative estimate of drug-likeness (QED) is 0.703. The fourth-order valence-corrected chi connectivity index (χ4v) is 2.31. The van der Waals surface area contributed by atoms with Crippen LogP contribution in [-0.4, -0.2) is 37.6 Å². The lowest BCUT2D eigenvalue weighted by molar-refractivity contribution is 0.273. The molecule has 1 atom stereocenters. The van der Waals surface area contributed by atoms with Crippen LogP contribution in [0.3, 0.4) is 0 Å². The minimum atomic E-state index is 0.958. The molecule has 0 bridgehead atoms. The molecule has 0 aliphatic carbocycles. The van der Waals surface area contributed by atoms with E-state index >= 15 is 0 Å². The summed E-state index contributed by atoms with van der Waals surface area (Å²) in [6, 6.07) is 0. The summed E-state index contributed by atoms with van der Waals surface area (Å²) in [6.45, 7) is 10.7. The molecule has 0 amide bonds. The van der Waals surface area contributed by atoms with Crippen molar-refractivity contribution in [1.29, 1.82) is 0 Å². The normalized spacial score (nSPS) is 22.9. The Labute approximate surface area is 89.1 Å². The van der Waals surface area contributed by atoms with Gasteiger partial charge in [-0.1, -0.05) is 13.8 Å². The molecule has 1 aliphatic heterocycles. The van der Waals surface area contributed by atoms with E-state index in [4.69, 9.17) is 0 Å². The summed E-state index contributed by atoms with van der Waals surface area (Å²) in [7, 11) is 0. The summed E-state index contributed by atoms with van der Waals surface area (Å²) in [5, 5.41) is 3.49. The summed E-state index contributed by atoms with van der Waals surface area (Å²) in [5.74, 6) is 0.958. The lowest BCUT2D eigenvalue weighted by Crippen LogP contribution is -2.30. The van der Waals surface area contributed by atoms with Crippen molar-refractivity contribution >= 4 is 0 Å². The lowest BCUT2D eigenvalue weighted by Gasteiger charge is -2.24. The van der Waals surface area contributed by atoms with Crippen molar-refractivity contribution in [1.82, 2.24) is 10.2 Å². The second-order valence-electron chi connectivity index (χ2n) is 4.38. The van der Waals surface area contributed by atoms with Crippen LogP contribution < -0.4 is 5.32 Å². The van der Waals surface area contributed by atoms with E-state index in [1.807, 2.05) is 0 Å². The van der Waals surface area contributed by atoms with E-state index in [-0.39, 0.29) is 0 Å². The van der Waals surface area contributed by atoms with E-state index in [0.717, 1.165) is 5.92 Å². The number of rotatable bonds is 6. The zero-order chi connectivity index (χ0) is 10.2. The Morgan fingerprint density at radius 1 is 1.29 bits per heavy atom. The molecule has 14 heavy (non-hydrogen) atoms. The molecule has 0 aromatic heterocycles. The van der Waals surface area contributed by atoms with Gasteiger partial charge in [-0.25, -0.2) is 0 Å². The minimum Gasteiger partial charge on any atom is -0.316 e. The first-order valence-corrected chi connectivity index (χ1v) is 6.29. The van der Waals surface area contributed by atoms with Crippen LogP contribution in [0.15, 0.2) is 0 Å². The number of nitrogens with zero attached hydrogens (tertiary/aromatic N) is 1. The molecule has 0 saturated carbocycles. The second kappa shape index (κ2) is 7.24. The zero-order valence-electron chi connectivity index (χ0n) is 9.89. The van der Waals surface area contributed by atoms with Gasteiger partial charge in [0.2, 0.25) is 0 Å². The Balaban J connectivity index is 2.01. The van der Waals surface area contributed by atoms with Gasteiger partial charge in [0.05, 0.1) is 0 Å². The number of nitrogens with one attached hydrogen (secondary N) is 1. The van der Waals surface area contributed by atoms with Crippen molar-refractivity contribution < 1.29 is 0 Å². The second-order valence-corrected chi connectivity index (χ2v) is 4.38. The van der Waals surface area contributed by atoms with E-state index in [1.165, 1.54) is 58.4 Å². The molecule has 1 aliphatic rings. The molecule has 84 valence electrons. The van der Waals surface area contributed by atoms with Crippen LogP contribution in [0.25, 0.3) is 0 Å². The van der Waals surface area contributed by atoms with Crippen LogP contribution >= 0.6 is 0 Å². The van der Waals surface area contributed by atoms with E-state index < -0.39 is 0 Å². The van der Waals surface area contributed by atoms with Crippen LogP contribution in [0.1, 0.15) is 39.5 Å². The molecule has 1 heterocycles. The SMILES string of the molecule is CCN(CC)CCC[C@H]1CCCNC1. The third-order valence-electron chi connectivity index (χ3n) is 3.38. The highest BCUT2D eigenvalue weighted by atomic mass is 15.1. The Hall–Kier alpha value is -0.0800. The first-order valence-electron chi connectivity index (χ1n) is 6.29. The smallest absolute Gasteiger partial charge is 0.00189 e. The summed E-state index contributed by atoms with van der Waals surface area (Å²) >= 11 is 0. The highest BCUT2D eigenvalue weighted by molar-refractivity contribution is 4.69. The third-order valence-corrected chi connectivity index (χ3v) is 3.38. The van der Waals surface area contributed by atoms with Gasteiger partial charge in [0.25, 0.3) is 0 Å². The van der Waals surface area contributed by atoms with Crippen molar-refractivity contribution in [2.75, 3.05) is 32.7 Å². The van der Waals surface area contributed by atoms with Gasteiger partial charge in [-0.15, -0.1) is 0 Å². The van der Waals surface area contributed by atoms with E-state index in [9.17, 15) is 0 Å². The van der Waals surface area contributed by atoms with Gasteiger partial charge < -0.3 is 10.2 Å².